The Hall–Kier alpha value is -1.80. The van der Waals surface area contributed by atoms with Gasteiger partial charge in [-0.2, -0.15) is 0 Å². The maximum Gasteiger partial charge on any atom is 0.410 e. The van der Waals surface area contributed by atoms with E-state index in [-0.39, 0.29) is 12.7 Å². The second kappa shape index (κ2) is 6.25. The quantitative estimate of drug-likeness (QED) is 0.841. The molecular weight excluding hydrogens is 378 g/mol. The number of aliphatic hydroxyl groups is 1. The van der Waals surface area contributed by atoms with Gasteiger partial charge in [0.15, 0.2) is 10.4 Å². The van der Waals surface area contributed by atoms with Gasteiger partial charge in [0.25, 0.3) is 0 Å². The fraction of sp³-hybridized carbons (Fsp3) is 0.500. The maximum atomic E-state index is 12.3. The van der Waals surface area contributed by atoms with Gasteiger partial charge in [0.2, 0.25) is 0 Å². The molecule has 0 unspecified atom stereocenters. The molecule has 3 heterocycles. The molecule has 0 aliphatic carbocycles. The molecule has 2 aromatic rings. The molecule has 0 fully saturated rings. The van der Waals surface area contributed by atoms with Crippen molar-refractivity contribution in [2.24, 2.45) is 0 Å². The van der Waals surface area contributed by atoms with Crippen LogP contribution in [0, 0.1) is 0 Å². The number of fused-ring (bicyclic) bond motifs is 1. The first kappa shape index (κ1) is 17.0. The van der Waals surface area contributed by atoms with E-state index in [2.05, 4.69) is 20.9 Å². The summed E-state index contributed by atoms with van der Waals surface area (Å²) in [5.41, 5.74) is 0.756. The molecule has 1 amide bonds. The Morgan fingerprint density at radius 2 is 2.17 bits per heavy atom. The minimum Gasteiger partial charge on any atom is -0.448 e. The molecule has 0 saturated heterocycles. The number of ether oxygens (including phenoxy) is 1. The van der Waals surface area contributed by atoms with Crippen LogP contribution in [-0.2, 0) is 24.4 Å². The van der Waals surface area contributed by atoms with E-state index in [0.29, 0.717) is 41.6 Å². The standard InChI is InChI=1S/C16H20BrN3O4/c1-16(2,3)24-15(22)19-6-7-20-13(8-19)18-10(9-21)14(20)11-4-5-12(17)23-11/h4-5,21H,6-9H2,1-3H3. The minimum absolute atomic E-state index is 0.194. The van der Waals surface area contributed by atoms with Gasteiger partial charge < -0.3 is 18.8 Å². The highest BCUT2D eigenvalue weighted by Gasteiger charge is 2.30. The Balaban J connectivity index is 1.88. The summed E-state index contributed by atoms with van der Waals surface area (Å²) in [4.78, 5) is 18.3. The molecule has 0 saturated carbocycles. The second-order valence-corrected chi connectivity index (χ2v) is 7.42. The highest BCUT2D eigenvalue weighted by atomic mass is 79.9. The van der Waals surface area contributed by atoms with Crippen molar-refractivity contribution in [2.45, 2.75) is 46.1 Å². The number of carbonyl (C=O) groups excluding carboxylic acids is 1. The first-order chi connectivity index (χ1) is 11.3. The summed E-state index contributed by atoms with van der Waals surface area (Å²) in [7, 11) is 0. The van der Waals surface area contributed by atoms with Gasteiger partial charge in [-0.25, -0.2) is 9.78 Å². The van der Waals surface area contributed by atoms with E-state index in [9.17, 15) is 9.90 Å². The smallest absolute Gasteiger partial charge is 0.410 e. The molecule has 24 heavy (non-hydrogen) atoms. The molecule has 3 rings (SSSR count). The average molecular weight is 398 g/mol. The van der Waals surface area contributed by atoms with Crippen LogP contribution in [0.3, 0.4) is 0 Å². The van der Waals surface area contributed by atoms with Crippen LogP contribution < -0.4 is 0 Å². The molecule has 0 spiro atoms. The van der Waals surface area contributed by atoms with Crippen molar-refractivity contribution in [3.8, 4) is 11.5 Å². The van der Waals surface area contributed by atoms with Crippen LogP contribution >= 0.6 is 15.9 Å². The Morgan fingerprint density at radius 1 is 1.42 bits per heavy atom. The molecule has 0 aromatic carbocycles. The molecule has 7 nitrogen and oxygen atoms in total. The van der Waals surface area contributed by atoms with Crippen LogP contribution in [0.5, 0.6) is 0 Å². The van der Waals surface area contributed by atoms with Gasteiger partial charge in [0, 0.05) is 13.1 Å². The van der Waals surface area contributed by atoms with Gasteiger partial charge >= 0.3 is 6.09 Å². The molecule has 1 N–H and O–H groups in total. The van der Waals surface area contributed by atoms with Gasteiger partial charge in [0.05, 0.1) is 18.8 Å². The van der Waals surface area contributed by atoms with Crippen molar-refractivity contribution in [2.75, 3.05) is 6.54 Å². The van der Waals surface area contributed by atoms with E-state index in [1.165, 1.54) is 0 Å². The highest BCUT2D eigenvalue weighted by molar-refractivity contribution is 9.10. The third kappa shape index (κ3) is 3.34. The number of aromatic nitrogens is 2. The zero-order chi connectivity index (χ0) is 17.5. The Kier molecular flexibility index (Phi) is 4.44. The molecular formula is C16H20BrN3O4. The van der Waals surface area contributed by atoms with E-state index in [1.54, 1.807) is 11.0 Å². The largest absolute Gasteiger partial charge is 0.448 e. The second-order valence-electron chi connectivity index (χ2n) is 6.64. The zero-order valence-electron chi connectivity index (χ0n) is 13.9. The zero-order valence-corrected chi connectivity index (χ0v) is 15.5. The summed E-state index contributed by atoms with van der Waals surface area (Å²) in [6, 6.07) is 3.63. The van der Waals surface area contributed by atoms with Gasteiger partial charge in [-0.05, 0) is 48.8 Å². The van der Waals surface area contributed by atoms with Crippen LogP contribution in [0.1, 0.15) is 32.3 Å². The minimum atomic E-state index is -0.536. The average Bonchev–Trinajstić information content (AvgIpc) is 3.07. The maximum absolute atomic E-state index is 12.3. The van der Waals surface area contributed by atoms with Gasteiger partial charge in [-0.1, -0.05) is 0 Å². The van der Waals surface area contributed by atoms with Crippen molar-refractivity contribution in [1.82, 2.24) is 14.5 Å². The molecule has 0 atom stereocenters. The number of amides is 1. The van der Waals surface area contributed by atoms with Gasteiger partial charge in [0.1, 0.15) is 17.1 Å². The normalized spacial score (nSPS) is 14.6. The summed E-state index contributed by atoms with van der Waals surface area (Å²) in [6.45, 7) is 6.74. The summed E-state index contributed by atoms with van der Waals surface area (Å²) >= 11 is 3.29. The summed E-state index contributed by atoms with van der Waals surface area (Å²) in [5.74, 6) is 1.34. The van der Waals surface area contributed by atoms with Crippen molar-refractivity contribution in [3.05, 3.63) is 28.3 Å². The third-order valence-electron chi connectivity index (χ3n) is 3.65. The van der Waals surface area contributed by atoms with Crippen molar-refractivity contribution in [1.29, 1.82) is 0 Å². The fourth-order valence-electron chi connectivity index (χ4n) is 2.70. The SMILES string of the molecule is CC(C)(C)OC(=O)N1CCn2c(nc(CO)c2-c2ccc(Br)o2)C1. The van der Waals surface area contributed by atoms with Gasteiger partial charge in [-0.3, -0.25) is 4.90 Å². The number of hydrogen-bond acceptors (Lipinski definition) is 5. The van der Waals surface area contributed by atoms with E-state index in [1.807, 2.05) is 31.4 Å². The lowest BCUT2D eigenvalue weighted by molar-refractivity contribution is 0.0196. The predicted octanol–water partition coefficient (Wildman–Crippen LogP) is 3.15. The lowest BCUT2D eigenvalue weighted by atomic mass is 10.2. The number of rotatable bonds is 2. The monoisotopic (exact) mass is 397 g/mol. The summed E-state index contributed by atoms with van der Waals surface area (Å²) in [5, 5.41) is 9.63. The van der Waals surface area contributed by atoms with E-state index in [4.69, 9.17) is 9.15 Å². The molecule has 2 aromatic heterocycles. The topological polar surface area (TPSA) is 80.7 Å². The van der Waals surface area contributed by atoms with Crippen LogP contribution in [-0.4, -0.2) is 37.8 Å². The number of hydrogen-bond donors (Lipinski definition) is 1. The third-order valence-corrected chi connectivity index (χ3v) is 4.08. The molecule has 0 bridgehead atoms. The van der Waals surface area contributed by atoms with E-state index in [0.717, 1.165) is 5.69 Å². The Morgan fingerprint density at radius 3 is 2.75 bits per heavy atom. The first-order valence-corrected chi connectivity index (χ1v) is 8.50. The summed E-state index contributed by atoms with van der Waals surface area (Å²) < 4.78 is 13.6. The lowest BCUT2D eigenvalue weighted by Gasteiger charge is -2.30. The predicted molar refractivity (Wildman–Crippen MR) is 90.2 cm³/mol. The van der Waals surface area contributed by atoms with Crippen molar-refractivity contribution < 1.29 is 19.1 Å². The number of nitrogens with zero attached hydrogens (tertiary/aromatic N) is 3. The number of aliphatic hydroxyl groups excluding tert-OH is 1. The summed E-state index contributed by atoms with van der Waals surface area (Å²) in [6.07, 6.45) is -0.357. The van der Waals surface area contributed by atoms with Crippen LogP contribution in [0.2, 0.25) is 0 Å². The van der Waals surface area contributed by atoms with Crippen LogP contribution in [0.15, 0.2) is 21.2 Å². The lowest BCUT2D eigenvalue weighted by Crippen LogP contribution is -2.41. The number of imidazole rings is 1. The highest BCUT2D eigenvalue weighted by Crippen LogP contribution is 2.31. The van der Waals surface area contributed by atoms with Crippen molar-refractivity contribution in [3.63, 3.8) is 0 Å². The molecule has 0 radical (unpaired) electrons. The van der Waals surface area contributed by atoms with E-state index >= 15 is 0 Å². The first-order valence-electron chi connectivity index (χ1n) is 7.71. The number of halogens is 1. The Bertz CT molecular complexity index is 760. The molecule has 1 aliphatic rings. The molecule has 130 valence electrons. The van der Waals surface area contributed by atoms with Crippen LogP contribution in [0.4, 0.5) is 4.79 Å². The van der Waals surface area contributed by atoms with Crippen LogP contribution in [0.25, 0.3) is 11.5 Å². The number of carbonyl (C=O) groups is 1. The fourth-order valence-corrected chi connectivity index (χ4v) is 3.00. The molecule has 1 aliphatic heterocycles. The van der Waals surface area contributed by atoms with Gasteiger partial charge in [-0.15, -0.1) is 0 Å². The Labute approximate surface area is 148 Å². The molecule has 8 heteroatoms. The van der Waals surface area contributed by atoms with Crippen molar-refractivity contribution >= 4 is 22.0 Å². The number of furan rings is 1. The van der Waals surface area contributed by atoms with E-state index < -0.39 is 5.60 Å².